The van der Waals surface area contributed by atoms with Gasteiger partial charge < -0.3 is 9.47 Å². The lowest BCUT2D eigenvalue weighted by Gasteiger charge is -2.06. The first-order valence-corrected chi connectivity index (χ1v) is 9.70. The third-order valence-electron chi connectivity index (χ3n) is 4.00. The first-order valence-electron chi connectivity index (χ1n) is 8.53. The van der Waals surface area contributed by atoms with Crippen molar-refractivity contribution in [3.8, 4) is 11.5 Å². The van der Waals surface area contributed by atoms with Crippen molar-refractivity contribution in [3.05, 3.63) is 75.0 Å². The van der Waals surface area contributed by atoms with Crippen molar-refractivity contribution in [2.24, 2.45) is 5.10 Å². The van der Waals surface area contributed by atoms with Crippen LogP contribution in [0.3, 0.4) is 0 Å². The molecular formula is C20H18BrClN4O3. The Labute approximate surface area is 181 Å². The Kier molecular flexibility index (Phi) is 6.90. The fourth-order valence-corrected chi connectivity index (χ4v) is 3.18. The number of carbonyl (C=O) groups is 1. The molecule has 0 atom stereocenters. The van der Waals surface area contributed by atoms with Crippen LogP contribution in [0.4, 0.5) is 0 Å². The van der Waals surface area contributed by atoms with Gasteiger partial charge in [-0.3, -0.25) is 9.48 Å². The molecule has 0 saturated heterocycles. The zero-order valence-corrected chi connectivity index (χ0v) is 18.1. The number of hydrogen-bond donors (Lipinski definition) is 1. The van der Waals surface area contributed by atoms with Crippen LogP contribution in [0.5, 0.6) is 11.5 Å². The lowest BCUT2D eigenvalue weighted by atomic mass is 10.2. The molecule has 1 aromatic heterocycles. The van der Waals surface area contributed by atoms with Crippen molar-refractivity contribution < 1.29 is 14.3 Å². The van der Waals surface area contributed by atoms with E-state index in [0.29, 0.717) is 33.1 Å². The molecule has 0 aliphatic rings. The van der Waals surface area contributed by atoms with E-state index in [0.717, 1.165) is 5.56 Å². The summed E-state index contributed by atoms with van der Waals surface area (Å²) in [6.45, 7) is 0.507. The molecule has 150 valence electrons. The predicted octanol–water partition coefficient (Wildman–Crippen LogP) is 4.13. The second kappa shape index (κ2) is 9.58. The van der Waals surface area contributed by atoms with Crippen molar-refractivity contribution in [1.82, 2.24) is 15.2 Å². The maximum Gasteiger partial charge on any atom is 0.293 e. The average molecular weight is 478 g/mol. The van der Waals surface area contributed by atoms with Crippen molar-refractivity contribution in [1.29, 1.82) is 0 Å². The Bertz CT molecular complexity index is 1030. The van der Waals surface area contributed by atoms with Gasteiger partial charge in [-0.15, -0.1) is 0 Å². The molecule has 0 aliphatic carbocycles. The highest BCUT2D eigenvalue weighted by atomic mass is 79.9. The first kappa shape index (κ1) is 20.9. The maximum atomic E-state index is 12.4. The lowest BCUT2D eigenvalue weighted by molar-refractivity contribution is 0.0948. The number of halogens is 2. The zero-order valence-electron chi connectivity index (χ0n) is 15.7. The summed E-state index contributed by atoms with van der Waals surface area (Å²) in [5, 5.41) is 8.99. The van der Waals surface area contributed by atoms with Crippen LogP contribution in [0, 0.1) is 0 Å². The summed E-state index contributed by atoms with van der Waals surface area (Å²) in [5.41, 5.74) is 4.38. The van der Waals surface area contributed by atoms with Gasteiger partial charge in [-0.25, -0.2) is 5.43 Å². The number of nitrogens with zero attached hydrogens (tertiary/aromatic N) is 3. The summed E-state index contributed by atoms with van der Waals surface area (Å²) in [5.74, 6) is 0.823. The van der Waals surface area contributed by atoms with Gasteiger partial charge in [0.05, 0.1) is 31.5 Å². The third-order valence-corrected chi connectivity index (χ3v) is 4.83. The van der Waals surface area contributed by atoms with Crippen LogP contribution < -0.4 is 14.9 Å². The van der Waals surface area contributed by atoms with Crippen molar-refractivity contribution in [2.45, 2.75) is 6.54 Å². The summed E-state index contributed by atoms with van der Waals surface area (Å²) < 4.78 is 12.7. The van der Waals surface area contributed by atoms with Gasteiger partial charge in [0.15, 0.2) is 5.69 Å². The minimum Gasteiger partial charge on any atom is -0.497 e. The number of carbonyl (C=O) groups excluding carboxylic acids is 1. The molecule has 1 N–H and O–H groups in total. The number of hydrazone groups is 1. The van der Waals surface area contributed by atoms with E-state index in [9.17, 15) is 4.79 Å². The van der Waals surface area contributed by atoms with Crippen LogP contribution in [-0.4, -0.2) is 36.1 Å². The molecule has 0 saturated carbocycles. The van der Waals surface area contributed by atoms with E-state index in [1.54, 1.807) is 43.3 Å². The summed E-state index contributed by atoms with van der Waals surface area (Å²) in [4.78, 5) is 12.4. The fraction of sp³-hybridized carbons (Fsp3) is 0.150. The molecule has 2 aromatic carbocycles. The summed E-state index contributed by atoms with van der Waals surface area (Å²) in [6.07, 6.45) is 3.22. The van der Waals surface area contributed by atoms with E-state index < -0.39 is 5.91 Å². The average Bonchev–Trinajstić information content (AvgIpc) is 3.09. The molecule has 29 heavy (non-hydrogen) atoms. The molecule has 0 fully saturated rings. The summed E-state index contributed by atoms with van der Waals surface area (Å²) >= 11 is 9.27. The minimum atomic E-state index is -0.440. The van der Waals surface area contributed by atoms with Crippen LogP contribution in [0.25, 0.3) is 0 Å². The molecule has 1 heterocycles. The predicted molar refractivity (Wildman–Crippen MR) is 115 cm³/mol. The number of benzene rings is 2. The molecule has 0 bridgehead atoms. The highest BCUT2D eigenvalue weighted by Crippen LogP contribution is 2.22. The number of methoxy groups -OCH3 is 2. The van der Waals surface area contributed by atoms with Crippen molar-refractivity contribution in [3.63, 3.8) is 0 Å². The minimum absolute atomic E-state index is 0.230. The number of hydrogen-bond acceptors (Lipinski definition) is 5. The smallest absolute Gasteiger partial charge is 0.293 e. The molecule has 9 heteroatoms. The number of aromatic nitrogens is 2. The van der Waals surface area contributed by atoms with Gasteiger partial charge in [-0.05, 0) is 51.8 Å². The Hall–Kier alpha value is -2.84. The first-order chi connectivity index (χ1) is 14.0. The van der Waals surface area contributed by atoms with E-state index in [-0.39, 0.29) is 5.69 Å². The Morgan fingerprint density at radius 2 is 2.00 bits per heavy atom. The Morgan fingerprint density at radius 3 is 2.69 bits per heavy atom. The van der Waals surface area contributed by atoms with Crippen LogP contribution in [0.2, 0.25) is 5.02 Å². The molecule has 0 radical (unpaired) electrons. The SMILES string of the molecule is COc1ccc(OC)c(C=NNC(=O)c2nn(Cc3ccc(Cl)cc3)cc2Br)c1. The second-order valence-corrected chi connectivity index (χ2v) is 7.25. The largest absolute Gasteiger partial charge is 0.497 e. The van der Waals surface area contributed by atoms with Gasteiger partial charge in [0.2, 0.25) is 0 Å². The van der Waals surface area contributed by atoms with Gasteiger partial charge in [-0.1, -0.05) is 23.7 Å². The number of rotatable bonds is 7. The van der Waals surface area contributed by atoms with E-state index in [1.807, 2.05) is 24.3 Å². The van der Waals surface area contributed by atoms with Crippen LogP contribution in [0.15, 0.2) is 58.2 Å². The fourth-order valence-electron chi connectivity index (χ4n) is 2.56. The topological polar surface area (TPSA) is 77.7 Å². The standard InChI is InChI=1S/C20H18BrClN4O3/c1-28-16-7-8-18(29-2)14(9-16)10-23-24-20(27)19-17(21)12-26(25-19)11-13-3-5-15(22)6-4-13/h3-10,12H,11H2,1-2H3,(H,24,27). The monoisotopic (exact) mass is 476 g/mol. The van der Waals surface area contributed by atoms with Crippen molar-refractivity contribution >= 4 is 39.7 Å². The van der Waals surface area contributed by atoms with Crippen LogP contribution >= 0.6 is 27.5 Å². The van der Waals surface area contributed by atoms with Gasteiger partial charge in [0, 0.05) is 16.8 Å². The molecule has 3 rings (SSSR count). The van der Waals surface area contributed by atoms with Gasteiger partial charge >= 0.3 is 0 Å². The zero-order chi connectivity index (χ0) is 20.8. The third kappa shape index (κ3) is 5.36. The van der Waals surface area contributed by atoms with E-state index in [1.165, 1.54) is 6.21 Å². The number of amides is 1. The van der Waals surface area contributed by atoms with Gasteiger partial charge in [0.1, 0.15) is 11.5 Å². The normalized spacial score (nSPS) is 10.9. The molecule has 0 aliphatic heterocycles. The second-order valence-electron chi connectivity index (χ2n) is 5.96. The summed E-state index contributed by atoms with van der Waals surface area (Å²) in [6, 6.07) is 12.7. The molecule has 3 aromatic rings. The quantitative estimate of drug-likeness (QED) is 0.410. The molecular weight excluding hydrogens is 460 g/mol. The maximum absolute atomic E-state index is 12.4. The number of nitrogens with one attached hydrogen (secondary N) is 1. The molecule has 7 nitrogen and oxygen atoms in total. The van der Waals surface area contributed by atoms with Gasteiger partial charge in [0.25, 0.3) is 5.91 Å². The van der Waals surface area contributed by atoms with Gasteiger partial charge in [-0.2, -0.15) is 10.2 Å². The van der Waals surface area contributed by atoms with Crippen molar-refractivity contribution in [2.75, 3.05) is 14.2 Å². The van der Waals surface area contributed by atoms with Crippen LogP contribution in [0.1, 0.15) is 21.6 Å². The highest BCUT2D eigenvalue weighted by molar-refractivity contribution is 9.10. The molecule has 1 amide bonds. The van der Waals surface area contributed by atoms with E-state index >= 15 is 0 Å². The Morgan fingerprint density at radius 1 is 1.24 bits per heavy atom. The Balaban J connectivity index is 1.69. The number of ether oxygens (including phenoxy) is 2. The molecule has 0 spiro atoms. The summed E-state index contributed by atoms with van der Waals surface area (Å²) in [7, 11) is 3.13. The lowest BCUT2D eigenvalue weighted by Crippen LogP contribution is -2.19. The van der Waals surface area contributed by atoms with E-state index in [4.69, 9.17) is 21.1 Å². The van der Waals surface area contributed by atoms with E-state index in [2.05, 4.69) is 31.6 Å². The molecule has 0 unspecified atom stereocenters. The van der Waals surface area contributed by atoms with Crippen LogP contribution in [-0.2, 0) is 6.54 Å². The highest BCUT2D eigenvalue weighted by Gasteiger charge is 2.15.